The topological polar surface area (TPSA) is 73.2 Å². The number of aromatic carboxylic acids is 1. The number of thiazole rings is 1. The molecule has 0 bridgehead atoms. The Morgan fingerprint density at radius 1 is 1.54 bits per heavy atom. The summed E-state index contributed by atoms with van der Waals surface area (Å²) in [5, 5.41) is 8.65. The molecule has 1 unspecified atom stereocenters. The minimum absolute atomic E-state index is 0.162. The molecule has 1 aromatic heterocycles. The first-order chi connectivity index (χ1) is 6.18. The monoisotopic (exact) mass is 195 g/mol. The van der Waals surface area contributed by atoms with Gasteiger partial charge in [-0.3, -0.25) is 0 Å². The van der Waals surface area contributed by atoms with Crippen molar-refractivity contribution >= 4 is 26.9 Å². The second-order valence-electron chi connectivity index (χ2n) is 2.52. The van der Waals surface area contributed by atoms with E-state index in [1.165, 1.54) is 23.7 Å². The molecule has 0 aliphatic carbocycles. The van der Waals surface area contributed by atoms with E-state index in [0.29, 0.717) is 10.2 Å². The Labute approximate surface area is 76.3 Å². The van der Waals surface area contributed by atoms with Crippen LogP contribution in [0.4, 0.5) is 0 Å². The Morgan fingerprint density at radius 3 is 3.00 bits per heavy atom. The normalized spacial score (nSPS) is 11.9. The third-order valence-electron chi connectivity index (χ3n) is 1.71. The molecule has 0 amide bonds. The zero-order chi connectivity index (χ0) is 9.42. The van der Waals surface area contributed by atoms with Crippen molar-refractivity contribution in [2.75, 3.05) is 0 Å². The number of carbonyl (C=O) groups is 1. The first-order valence-corrected chi connectivity index (χ1v) is 4.72. The molecule has 0 radical (unpaired) electrons. The molecule has 0 saturated carbocycles. The van der Waals surface area contributed by atoms with Gasteiger partial charge in [0, 0.05) is 6.07 Å². The van der Waals surface area contributed by atoms with Crippen LogP contribution in [0, 0.1) is 0 Å². The summed E-state index contributed by atoms with van der Waals surface area (Å²) >= 11 is 0. The van der Waals surface area contributed by atoms with Gasteiger partial charge in [0.25, 0.3) is 0 Å². The molecular formula is C8H5NO3S. The van der Waals surface area contributed by atoms with E-state index in [1.807, 2.05) is 0 Å². The number of aromatic nitrogens is 1. The summed E-state index contributed by atoms with van der Waals surface area (Å²) in [5.74, 6) is -1.00. The van der Waals surface area contributed by atoms with Gasteiger partial charge in [-0.2, -0.15) is 4.98 Å². The Hall–Kier alpha value is -1.46. The molecule has 0 aliphatic rings. The second kappa shape index (κ2) is 2.79. The summed E-state index contributed by atoms with van der Waals surface area (Å²) in [6, 6.07) is 4.37. The third kappa shape index (κ3) is 1.28. The summed E-state index contributed by atoms with van der Waals surface area (Å²) < 4.78 is 11.7. The van der Waals surface area contributed by atoms with Crippen LogP contribution in [0.25, 0.3) is 10.2 Å². The molecule has 1 N–H and O–H groups in total. The fourth-order valence-electron chi connectivity index (χ4n) is 1.08. The standard InChI is InChI=1S/C8H5NO3S/c10-8(11)5-1-2-7-6(3-5)9-4-13(7)12/h1-4H,(H,10,11). The molecule has 1 heterocycles. The quantitative estimate of drug-likeness (QED) is 0.702. The highest BCUT2D eigenvalue weighted by Crippen LogP contribution is 2.26. The SMILES string of the molecule is O=C(O)c1ccc2c(c1)nc[s+]2[O-]. The lowest BCUT2D eigenvalue weighted by molar-refractivity contribution is 0.0697. The number of carboxylic acid groups (broad SMARTS) is 1. The van der Waals surface area contributed by atoms with Crippen LogP contribution in [-0.4, -0.2) is 20.6 Å². The van der Waals surface area contributed by atoms with Gasteiger partial charge in [0.05, 0.1) is 5.56 Å². The van der Waals surface area contributed by atoms with E-state index in [0.717, 1.165) is 0 Å². The van der Waals surface area contributed by atoms with Crippen molar-refractivity contribution in [3.63, 3.8) is 0 Å². The lowest BCUT2D eigenvalue weighted by atomic mass is 10.2. The highest BCUT2D eigenvalue weighted by atomic mass is 32.2. The first kappa shape index (κ1) is 8.15. The summed E-state index contributed by atoms with van der Waals surface area (Å²) in [6.45, 7) is 0. The maximum Gasteiger partial charge on any atom is 0.335 e. The molecule has 1 aromatic carbocycles. The molecule has 4 nitrogen and oxygen atoms in total. The fourth-order valence-corrected chi connectivity index (χ4v) is 1.93. The average molecular weight is 195 g/mol. The predicted molar refractivity (Wildman–Crippen MR) is 47.4 cm³/mol. The molecule has 0 aliphatic heterocycles. The van der Waals surface area contributed by atoms with Gasteiger partial charge < -0.3 is 9.66 Å². The Balaban J connectivity index is 2.70. The number of rotatable bonds is 1. The van der Waals surface area contributed by atoms with Gasteiger partial charge in [-0.25, -0.2) is 4.79 Å². The summed E-state index contributed by atoms with van der Waals surface area (Å²) in [5.41, 5.74) is 1.95. The lowest BCUT2D eigenvalue weighted by Crippen LogP contribution is -1.94. The van der Waals surface area contributed by atoms with Crippen molar-refractivity contribution in [3.05, 3.63) is 29.3 Å². The molecule has 1 atom stereocenters. The highest BCUT2D eigenvalue weighted by Gasteiger charge is 2.09. The Morgan fingerprint density at radius 2 is 2.31 bits per heavy atom. The Kier molecular flexibility index (Phi) is 1.75. The average Bonchev–Trinajstić information content (AvgIpc) is 2.47. The van der Waals surface area contributed by atoms with Crippen LogP contribution in [0.5, 0.6) is 0 Å². The van der Waals surface area contributed by atoms with Gasteiger partial charge >= 0.3 is 5.97 Å². The van der Waals surface area contributed by atoms with Crippen molar-refractivity contribution < 1.29 is 14.5 Å². The van der Waals surface area contributed by atoms with E-state index in [9.17, 15) is 9.35 Å². The molecule has 13 heavy (non-hydrogen) atoms. The molecule has 0 saturated heterocycles. The number of fused-ring (bicyclic) bond motifs is 1. The van der Waals surface area contributed by atoms with Crippen LogP contribution in [0.15, 0.2) is 23.7 Å². The van der Waals surface area contributed by atoms with Crippen LogP contribution >= 0.6 is 10.8 Å². The number of nitrogens with zero attached hydrogens (tertiary/aromatic N) is 1. The van der Waals surface area contributed by atoms with Crippen LogP contribution in [0.3, 0.4) is 0 Å². The zero-order valence-electron chi connectivity index (χ0n) is 6.43. The minimum atomic E-state index is -1.20. The molecule has 66 valence electrons. The second-order valence-corrected chi connectivity index (χ2v) is 3.77. The van der Waals surface area contributed by atoms with Crippen LogP contribution in [0.2, 0.25) is 0 Å². The van der Waals surface area contributed by atoms with Crippen LogP contribution < -0.4 is 0 Å². The minimum Gasteiger partial charge on any atom is -0.589 e. The van der Waals surface area contributed by atoms with Gasteiger partial charge in [-0.05, 0) is 22.9 Å². The van der Waals surface area contributed by atoms with E-state index in [2.05, 4.69) is 4.98 Å². The lowest BCUT2D eigenvalue weighted by Gasteiger charge is -1.91. The van der Waals surface area contributed by atoms with E-state index >= 15 is 0 Å². The Bertz CT molecular complexity index is 477. The van der Waals surface area contributed by atoms with Crippen LogP contribution in [0.1, 0.15) is 10.4 Å². The van der Waals surface area contributed by atoms with Crippen molar-refractivity contribution in [3.8, 4) is 0 Å². The first-order valence-electron chi connectivity index (χ1n) is 3.50. The number of benzene rings is 1. The van der Waals surface area contributed by atoms with Crippen molar-refractivity contribution in [2.24, 2.45) is 0 Å². The van der Waals surface area contributed by atoms with Crippen LogP contribution in [-0.2, 0) is 0 Å². The predicted octanol–water partition coefficient (Wildman–Crippen LogP) is 1.66. The molecular weight excluding hydrogens is 190 g/mol. The van der Waals surface area contributed by atoms with Gasteiger partial charge in [0.15, 0.2) is 4.70 Å². The van der Waals surface area contributed by atoms with Crippen molar-refractivity contribution in [2.45, 2.75) is 0 Å². The van der Waals surface area contributed by atoms with Gasteiger partial charge in [0.2, 0.25) is 5.51 Å². The van der Waals surface area contributed by atoms with E-state index in [1.54, 1.807) is 0 Å². The number of hydrogen-bond acceptors (Lipinski definition) is 3. The van der Waals surface area contributed by atoms with Gasteiger partial charge in [-0.15, -0.1) is 0 Å². The van der Waals surface area contributed by atoms with Crippen molar-refractivity contribution in [1.29, 1.82) is 0 Å². The molecule has 2 aromatic rings. The van der Waals surface area contributed by atoms with Crippen molar-refractivity contribution in [1.82, 2.24) is 4.98 Å². The highest BCUT2D eigenvalue weighted by molar-refractivity contribution is 7.29. The summed E-state index contributed by atoms with van der Waals surface area (Å²) in [4.78, 5) is 14.4. The molecule has 0 fully saturated rings. The third-order valence-corrected chi connectivity index (χ3v) is 2.79. The zero-order valence-corrected chi connectivity index (χ0v) is 7.25. The summed E-state index contributed by atoms with van der Waals surface area (Å²) in [7, 11) is -1.20. The molecule has 2 rings (SSSR count). The maximum absolute atomic E-state index is 11.2. The van der Waals surface area contributed by atoms with E-state index < -0.39 is 16.7 Å². The molecule has 0 spiro atoms. The van der Waals surface area contributed by atoms with E-state index in [-0.39, 0.29) is 5.56 Å². The fraction of sp³-hybridized carbons (Fsp3) is 0. The molecule has 5 heteroatoms. The maximum atomic E-state index is 11.2. The number of hydrogen-bond donors (Lipinski definition) is 1. The summed E-state index contributed by atoms with van der Waals surface area (Å²) in [6.07, 6.45) is 0. The smallest absolute Gasteiger partial charge is 0.335 e. The van der Waals surface area contributed by atoms with E-state index in [4.69, 9.17) is 5.11 Å². The van der Waals surface area contributed by atoms with Gasteiger partial charge in [-0.1, -0.05) is 0 Å². The largest absolute Gasteiger partial charge is 0.589 e. The number of carboxylic acids is 1. The van der Waals surface area contributed by atoms with Gasteiger partial charge in [0.1, 0.15) is 5.52 Å².